The second-order valence-corrected chi connectivity index (χ2v) is 5.42. The molecule has 1 aliphatic rings. The summed E-state index contributed by atoms with van der Waals surface area (Å²) in [6, 6.07) is 2.42. The van der Waals surface area contributed by atoms with Crippen LogP contribution in [-0.2, 0) is 4.74 Å². The van der Waals surface area contributed by atoms with E-state index < -0.39 is 11.1 Å². The first-order valence-corrected chi connectivity index (χ1v) is 4.96. The maximum absolute atomic E-state index is 9.38. The van der Waals surface area contributed by atoms with Crippen LogP contribution in [0.5, 0.6) is 0 Å². The Morgan fingerprint density at radius 2 is 1.71 bits per heavy atom. The number of ether oxygens (including phenoxy) is 1. The van der Waals surface area contributed by atoms with Gasteiger partial charge in [0.05, 0.1) is 17.3 Å². The highest BCUT2D eigenvalue weighted by molar-refractivity contribution is 5.22. The van der Waals surface area contributed by atoms with E-state index in [9.17, 15) is 5.26 Å². The average molecular weight is 196 g/mol. The van der Waals surface area contributed by atoms with Gasteiger partial charge in [-0.2, -0.15) is 5.26 Å². The zero-order valence-electron chi connectivity index (χ0n) is 10.0. The number of nitriles is 1. The molecule has 0 aliphatic carbocycles. The molecule has 0 aromatic rings. The molecule has 0 aromatic heterocycles. The van der Waals surface area contributed by atoms with Crippen molar-refractivity contribution in [1.29, 1.82) is 5.26 Å². The number of rotatable bonds is 1. The molecule has 1 unspecified atom stereocenters. The SMILES string of the molecule is CN(C)C1(C#N)CC(C)(C)OC1(C)C. The lowest BCUT2D eigenvalue weighted by Crippen LogP contribution is -2.55. The summed E-state index contributed by atoms with van der Waals surface area (Å²) in [7, 11) is 3.88. The minimum atomic E-state index is -0.517. The first kappa shape index (κ1) is 11.5. The van der Waals surface area contributed by atoms with Crippen molar-refractivity contribution in [3.8, 4) is 6.07 Å². The van der Waals surface area contributed by atoms with Crippen LogP contribution in [0.25, 0.3) is 0 Å². The Bertz CT molecular complexity index is 276. The summed E-state index contributed by atoms with van der Waals surface area (Å²) < 4.78 is 5.94. The van der Waals surface area contributed by atoms with Crippen molar-refractivity contribution in [3.05, 3.63) is 0 Å². The number of nitrogens with zero attached hydrogens (tertiary/aromatic N) is 2. The van der Waals surface area contributed by atoms with E-state index in [0.717, 1.165) is 6.42 Å². The molecule has 3 heteroatoms. The zero-order chi connectivity index (χ0) is 11.2. The Morgan fingerprint density at radius 1 is 1.21 bits per heavy atom. The molecule has 14 heavy (non-hydrogen) atoms. The van der Waals surface area contributed by atoms with E-state index in [4.69, 9.17) is 4.74 Å². The van der Waals surface area contributed by atoms with Gasteiger partial charge in [-0.05, 0) is 41.8 Å². The Morgan fingerprint density at radius 3 is 1.86 bits per heavy atom. The van der Waals surface area contributed by atoms with Crippen LogP contribution in [0.2, 0.25) is 0 Å². The Balaban J connectivity index is 3.17. The molecule has 1 fully saturated rings. The molecule has 3 nitrogen and oxygen atoms in total. The number of hydrogen-bond acceptors (Lipinski definition) is 3. The van der Waals surface area contributed by atoms with Crippen LogP contribution in [0.15, 0.2) is 0 Å². The van der Waals surface area contributed by atoms with Gasteiger partial charge in [0, 0.05) is 6.42 Å². The summed E-state index contributed by atoms with van der Waals surface area (Å²) in [5, 5.41) is 9.38. The molecule has 0 amide bonds. The van der Waals surface area contributed by atoms with Crippen molar-refractivity contribution >= 4 is 0 Å². The third-order valence-corrected chi connectivity index (χ3v) is 3.16. The smallest absolute Gasteiger partial charge is 0.140 e. The van der Waals surface area contributed by atoms with Gasteiger partial charge in [-0.15, -0.1) is 0 Å². The molecule has 0 saturated carbocycles. The Labute approximate surface area is 86.6 Å². The molecule has 0 bridgehead atoms. The van der Waals surface area contributed by atoms with Crippen molar-refractivity contribution in [1.82, 2.24) is 4.90 Å². The monoisotopic (exact) mass is 196 g/mol. The maximum Gasteiger partial charge on any atom is 0.140 e. The molecule has 80 valence electrons. The van der Waals surface area contributed by atoms with Crippen molar-refractivity contribution < 1.29 is 4.74 Å². The third kappa shape index (κ3) is 1.43. The molecule has 0 aromatic carbocycles. The summed E-state index contributed by atoms with van der Waals surface area (Å²) in [6.45, 7) is 8.06. The van der Waals surface area contributed by atoms with Gasteiger partial charge in [0.25, 0.3) is 0 Å². The van der Waals surface area contributed by atoms with Crippen LogP contribution in [0.4, 0.5) is 0 Å². The number of likely N-dealkylation sites (N-methyl/N-ethyl adjacent to an activating group) is 1. The fourth-order valence-corrected chi connectivity index (χ4v) is 2.61. The topological polar surface area (TPSA) is 36.3 Å². The van der Waals surface area contributed by atoms with Gasteiger partial charge in [0.15, 0.2) is 0 Å². The number of hydrogen-bond donors (Lipinski definition) is 0. The van der Waals surface area contributed by atoms with Crippen LogP contribution in [0.3, 0.4) is 0 Å². The fourth-order valence-electron chi connectivity index (χ4n) is 2.61. The quantitative estimate of drug-likeness (QED) is 0.641. The van der Waals surface area contributed by atoms with Crippen LogP contribution in [-0.4, -0.2) is 35.7 Å². The van der Waals surface area contributed by atoms with Crippen LogP contribution in [0.1, 0.15) is 34.1 Å². The van der Waals surface area contributed by atoms with E-state index in [1.165, 1.54) is 0 Å². The van der Waals surface area contributed by atoms with Gasteiger partial charge in [0.2, 0.25) is 0 Å². The molecule has 1 saturated heterocycles. The highest BCUT2D eigenvalue weighted by Gasteiger charge is 2.59. The van der Waals surface area contributed by atoms with Crippen molar-refractivity contribution in [2.24, 2.45) is 0 Å². The van der Waals surface area contributed by atoms with E-state index in [0.29, 0.717) is 0 Å². The normalized spacial score (nSPS) is 34.4. The molecule has 1 aliphatic heterocycles. The average Bonchev–Trinajstić information content (AvgIpc) is 2.15. The Hall–Kier alpha value is -0.590. The van der Waals surface area contributed by atoms with Crippen LogP contribution in [0, 0.1) is 11.3 Å². The predicted octanol–water partition coefficient (Wildman–Crippen LogP) is 1.79. The molecule has 0 N–H and O–H groups in total. The summed E-state index contributed by atoms with van der Waals surface area (Å²) >= 11 is 0. The zero-order valence-corrected chi connectivity index (χ0v) is 10.0. The van der Waals surface area contributed by atoms with E-state index in [-0.39, 0.29) is 5.60 Å². The predicted molar refractivity (Wildman–Crippen MR) is 55.9 cm³/mol. The van der Waals surface area contributed by atoms with Gasteiger partial charge >= 0.3 is 0 Å². The highest BCUT2D eigenvalue weighted by atomic mass is 16.5. The van der Waals surface area contributed by atoms with Crippen molar-refractivity contribution in [3.63, 3.8) is 0 Å². The molecule has 1 rings (SSSR count). The lowest BCUT2D eigenvalue weighted by Gasteiger charge is -2.38. The Kier molecular flexibility index (Phi) is 2.42. The molecule has 0 radical (unpaired) electrons. The minimum absolute atomic E-state index is 0.219. The van der Waals surface area contributed by atoms with Gasteiger partial charge in [-0.1, -0.05) is 0 Å². The summed E-state index contributed by atoms with van der Waals surface area (Å²) in [5.74, 6) is 0. The molecular formula is C11H20N2O. The molecule has 1 atom stereocenters. The van der Waals surface area contributed by atoms with E-state index in [1.807, 2.05) is 46.7 Å². The summed E-state index contributed by atoms with van der Waals surface area (Å²) in [6.07, 6.45) is 0.747. The molecule has 0 spiro atoms. The second kappa shape index (κ2) is 2.95. The third-order valence-electron chi connectivity index (χ3n) is 3.16. The lowest BCUT2D eigenvalue weighted by atomic mass is 9.79. The van der Waals surface area contributed by atoms with E-state index in [2.05, 4.69) is 6.07 Å². The summed E-state index contributed by atoms with van der Waals surface area (Å²) in [4.78, 5) is 1.97. The van der Waals surface area contributed by atoms with Gasteiger partial charge < -0.3 is 4.74 Å². The van der Waals surface area contributed by atoms with Crippen LogP contribution >= 0.6 is 0 Å². The second-order valence-electron chi connectivity index (χ2n) is 5.42. The van der Waals surface area contributed by atoms with Crippen LogP contribution < -0.4 is 0 Å². The first-order chi connectivity index (χ1) is 6.17. The van der Waals surface area contributed by atoms with E-state index in [1.54, 1.807) is 0 Å². The van der Waals surface area contributed by atoms with Gasteiger partial charge in [-0.25, -0.2) is 0 Å². The van der Waals surface area contributed by atoms with E-state index >= 15 is 0 Å². The molecule has 1 heterocycles. The van der Waals surface area contributed by atoms with Crippen molar-refractivity contribution in [2.45, 2.75) is 50.9 Å². The maximum atomic E-state index is 9.38. The summed E-state index contributed by atoms with van der Waals surface area (Å²) in [5.41, 5.74) is -1.16. The minimum Gasteiger partial charge on any atom is -0.367 e. The first-order valence-electron chi connectivity index (χ1n) is 4.96. The highest BCUT2D eigenvalue weighted by Crippen LogP contribution is 2.47. The largest absolute Gasteiger partial charge is 0.367 e. The lowest BCUT2D eigenvalue weighted by molar-refractivity contribution is -0.0876. The van der Waals surface area contributed by atoms with Gasteiger partial charge in [-0.3, -0.25) is 4.90 Å². The molecular weight excluding hydrogens is 176 g/mol. The van der Waals surface area contributed by atoms with Gasteiger partial charge in [0.1, 0.15) is 5.54 Å². The fraction of sp³-hybridized carbons (Fsp3) is 0.909. The van der Waals surface area contributed by atoms with Crippen molar-refractivity contribution in [2.75, 3.05) is 14.1 Å². The standard InChI is InChI=1S/C11H20N2O/c1-9(2)7-11(8-12,13(5)6)10(3,4)14-9/h7H2,1-6H3.